The van der Waals surface area contributed by atoms with E-state index in [-0.39, 0.29) is 42.1 Å². The maximum absolute atomic E-state index is 14.0. The molecule has 0 bridgehead atoms. The fraction of sp³-hybridized carbons (Fsp3) is 0.417. The Morgan fingerprint density at radius 2 is 1.73 bits per heavy atom. The van der Waals surface area contributed by atoms with Crippen molar-refractivity contribution in [3.8, 4) is 0 Å². The first-order valence-electron chi connectivity index (χ1n) is 10.9. The molecular weight excluding hydrogens is 471 g/mol. The highest BCUT2D eigenvalue weighted by Crippen LogP contribution is 2.34. The zero-order chi connectivity index (χ0) is 21.4. The van der Waals surface area contributed by atoms with Gasteiger partial charge in [-0.05, 0) is 63.0 Å². The van der Waals surface area contributed by atoms with Gasteiger partial charge in [0.25, 0.3) is 0 Å². The Hall–Kier alpha value is -2.22. The summed E-state index contributed by atoms with van der Waals surface area (Å²) >= 11 is 0. The number of carbonyl (C=O) groups is 1. The molecule has 3 aromatic rings. The summed E-state index contributed by atoms with van der Waals surface area (Å²) < 4.78 is 32.8. The van der Waals surface area contributed by atoms with Crippen molar-refractivity contribution in [2.75, 3.05) is 31.1 Å². The Morgan fingerprint density at radius 1 is 1.00 bits per heavy atom. The van der Waals surface area contributed by atoms with Gasteiger partial charge in [-0.15, -0.1) is 24.8 Å². The van der Waals surface area contributed by atoms with Gasteiger partial charge in [0, 0.05) is 48.1 Å². The van der Waals surface area contributed by atoms with E-state index in [1.54, 1.807) is 0 Å². The van der Waals surface area contributed by atoms with Crippen molar-refractivity contribution in [2.24, 2.45) is 5.92 Å². The van der Waals surface area contributed by atoms with Crippen LogP contribution in [0.3, 0.4) is 0 Å². The van der Waals surface area contributed by atoms with Gasteiger partial charge in [-0.25, -0.2) is 8.78 Å². The van der Waals surface area contributed by atoms with Gasteiger partial charge in [-0.2, -0.15) is 0 Å². The second-order valence-electron chi connectivity index (χ2n) is 8.52. The lowest BCUT2D eigenvalue weighted by Crippen LogP contribution is -2.36. The van der Waals surface area contributed by atoms with E-state index < -0.39 is 11.6 Å². The maximum Gasteiger partial charge on any atom is 0.169 e. The van der Waals surface area contributed by atoms with Crippen LogP contribution in [-0.2, 0) is 0 Å². The molecular formula is C24H27Cl2F2N3O2. The monoisotopic (exact) mass is 497 g/mol. The zero-order valence-corrected chi connectivity index (χ0v) is 19.7. The predicted molar refractivity (Wildman–Crippen MR) is 129 cm³/mol. The second kappa shape index (κ2) is 10.8. The van der Waals surface area contributed by atoms with Crippen LogP contribution in [0.4, 0.5) is 14.5 Å². The van der Waals surface area contributed by atoms with Crippen molar-refractivity contribution in [2.45, 2.75) is 31.6 Å². The summed E-state index contributed by atoms with van der Waals surface area (Å²) in [6.45, 7) is 3.40. The number of piperidine rings is 2. The van der Waals surface area contributed by atoms with Crippen LogP contribution < -0.4 is 10.2 Å². The van der Waals surface area contributed by atoms with Crippen LogP contribution in [0.25, 0.3) is 11.0 Å². The van der Waals surface area contributed by atoms with Crippen LogP contribution in [0.2, 0.25) is 0 Å². The Balaban J connectivity index is 0.00000153. The molecule has 178 valence electrons. The van der Waals surface area contributed by atoms with E-state index >= 15 is 0 Å². The number of aromatic nitrogens is 1. The van der Waals surface area contributed by atoms with Gasteiger partial charge in [-0.1, -0.05) is 5.16 Å². The third-order valence-corrected chi connectivity index (χ3v) is 6.64. The van der Waals surface area contributed by atoms with Gasteiger partial charge in [0.1, 0.15) is 11.6 Å². The minimum absolute atomic E-state index is 0. The topological polar surface area (TPSA) is 58.4 Å². The molecule has 0 saturated carbocycles. The standard InChI is InChI=1S/C24H25F2N3O2.2ClH/c25-17-1-3-19(21(26)13-17)24(30)16-7-11-29(12-8-16)18-2-4-20-22(14-18)31-28-23(20)15-5-9-27-10-6-15;;/h1-4,13-16,27H,5-12H2;2*1H. The first-order valence-corrected chi connectivity index (χ1v) is 10.9. The molecule has 5 nitrogen and oxygen atoms in total. The molecule has 33 heavy (non-hydrogen) atoms. The molecule has 0 amide bonds. The molecule has 0 atom stereocenters. The van der Waals surface area contributed by atoms with Crippen molar-refractivity contribution < 1.29 is 18.1 Å². The Bertz CT molecular complexity index is 1110. The highest BCUT2D eigenvalue weighted by molar-refractivity contribution is 5.98. The molecule has 9 heteroatoms. The Kier molecular flexibility index (Phi) is 8.32. The number of hydrogen-bond donors (Lipinski definition) is 1. The number of anilines is 1. The number of hydrogen-bond acceptors (Lipinski definition) is 5. The van der Waals surface area contributed by atoms with Gasteiger partial charge in [0.05, 0.1) is 11.3 Å². The van der Waals surface area contributed by atoms with E-state index in [9.17, 15) is 13.6 Å². The number of Topliss-reactive ketones (excluding diaryl/α,β-unsaturated/α-hetero) is 1. The van der Waals surface area contributed by atoms with Gasteiger partial charge in [0.15, 0.2) is 11.4 Å². The van der Waals surface area contributed by atoms with Crippen molar-refractivity contribution >= 4 is 47.3 Å². The Labute approximate surface area is 203 Å². The van der Waals surface area contributed by atoms with Crippen molar-refractivity contribution in [3.63, 3.8) is 0 Å². The predicted octanol–water partition coefficient (Wildman–Crippen LogP) is 5.52. The SMILES string of the molecule is Cl.Cl.O=C(c1ccc(F)cc1F)C1CCN(c2ccc3c(C4CCNCC4)noc3c2)CC1. The third-order valence-electron chi connectivity index (χ3n) is 6.64. The third kappa shape index (κ3) is 5.15. The van der Waals surface area contributed by atoms with Crippen molar-refractivity contribution in [1.82, 2.24) is 10.5 Å². The average molecular weight is 498 g/mol. The quantitative estimate of drug-likeness (QED) is 0.481. The molecule has 3 heterocycles. The van der Waals surface area contributed by atoms with Crippen LogP contribution in [-0.4, -0.2) is 37.1 Å². The summed E-state index contributed by atoms with van der Waals surface area (Å²) in [6.07, 6.45) is 3.40. The van der Waals surface area contributed by atoms with Crippen LogP contribution in [0.5, 0.6) is 0 Å². The first-order chi connectivity index (χ1) is 15.1. The van der Waals surface area contributed by atoms with Crippen molar-refractivity contribution in [3.05, 3.63) is 59.3 Å². The highest BCUT2D eigenvalue weighted by atomic mass is 35.5. The van der Waals surface area contributed by atoms with Gasteiger partial charge in [-0.3, -0.25) is 4.79 Å². The molecule has 5 rings (SSSR count). The highest BCUT2D eigenvalue weighted by Gasteiger charge is 2.28. The lowest BCUT2D eigenvalue weighted by atomic mass is 9.88. The van der Waals surface area contributed by atoms with Crippen LogP contribution >= 0.6 is 24.8 Å². The van der Waals surface area contributed by atoms with Crippen LogP contribution in [0, 0.1) is 17.6 Å². The Morgan fingerprint density at radius 3 is 2.42 bits per heavy atom. The molecule has 0 radical (unpaired) electrons. The molecule has 2 saturated heterocycles. The number of rotatable bonds is 4. The lowest BCUT2D eigenvalue weighted by molar-refractivity contribution is 0.0896. The number of halogens is 4. The fourth-order valence-corrected chi connectivity index (χ4v) is 4.84. The van der Waals surface area contributed by atoms with Gasteiger partial charge < -0.3 is 14.7 Å². The fourth-order valence-electron chi connectivity index (χ4n) is 4.84. The molecule has 2 fully saturated rings. The molecule has 0 spiro atoms. The van der Waals surface area contributed by atoms with E-state index in [0.29, 0.717) is 31.8 Å². The van der Waals surface area contributed by atoms with E-state index in [4.69, 9.17) is 4.52 Å². The normalized spacial score (nSPS) is 17.5. The second-order valence-corrected chi connectivity index (χ2v) is 8.52. The lowest BCUT2D eigenvalue weighted by Gasteiger charge is -2.33. The van der Waals surface area contributed by atoms with E-state index in [1.165, 1.54) is 6.07 Å². The summed E-state index contributed by atoms with van der Waals surface area (Å²) in [7, 11) is 0. The van der Waals surface area contributed by atoms with Gasteiger partial charge in [0.2, 0.25) is 0 Å². The van der Waals surface area contributed by atoms with Crippen LogP contribution in [0.1, 0.15) is 47.7 Å². The van der Waals surface area contributed by atoms with Gasteiger partial charge >= 0.3 is 0 Å². The largest absolute Gasteiger partial charge is 0.371 e. The molecule has 1 N–H and O–H groups in total. The summed E-state index contributed by atoms with van der Waals surface area (Å²) in [6, 6.07) is 9.35. The number of fused-ring (bicyclic) bond motifs is 1. The number of nitrogens with zero attached hydrogens (tertiary/aromatic N) is 2. The molecule has 1 aromatic heterocycles. The van der Waals surface area contributed by atoms with Crippen LogP contribution in [0.15, 0.2) is 40.9 Å². The molecule has 2 aromatic carbocycles. The minimum atomic E-state index is -0.784. The summed E-state index contributed by atoms with van der Waals surface area (Å²) in [5, 5.41) is 8.81. The minimum Gasteiger partial charge on any atom is -0.371 e. The smallest absolute Gasteiger partial charge is 0.169 e. The number of nitrogens with one attached hydrogen (secondary N) is 1. The summed E-state index contributed by atoms with van der Waals surface area (Å²) in [4.78, 5) is 14.9. The molecule has 2 aliphatic heterocycles. The van der Waals surface area contributed by atoms with E-state index in [0.717, 1.165) is 60.4 Å². The number of carbonyl (C=O) groups excluding carboxylic acids is 1. The number of ketones is 1. The van der Waals surface area contributed by atoms with Crippen molar-refractivity contribution in [1.29, 1.82) is 0 Å². The van der Waals surface area contributed by atoms with E-state index in [2.05, 4.69) is 27.5 Å². The molecule has 0 unspecified atom stereocenters. The average Bonchev–Trinajstić information content (AvgIpc) is 3.23. The summed E-state index contributed by atoms with van der Waals surface area (Å²) in [5.41, 5.74) is 2.86. The van der Waals surface area contributed by atoms with E-state index in [1.807, 2.05) is 6.07 Å². The molecule has 0 aliphatic carbocycles. The summed E-state index contributed by atoms with van der Waals surface area (Å²) in [5.74, 6) is -1.52. The zero-order valence-electron chi connectivity index (χ0n) is 18.1. The maximum atomic E-state index is 14.0. The number of benzene rings is 2. The first kappa shape index (κ1) is 25.4. The molecule has 2 aliphatic rings.